The zero-order valence-electron chi connectivity index (χ0n) is 13.6. The van der Waals surface area contributed by atoms with Gasteiger partial charge in [-0.25, -0.2) is 23.4 Å². The number of carbonyl (C=O) groups is 1. The largest absolute Gasteiger partial charge is 0.333 e. The van der Waals surface area contributed by atoms with Crippen LogP contribution in [0.2, 0.25) is 0 Å². The fourth-order valence-corrected chi connectivity index (χ4v) is 5.53. The first-order valence-corrected chi connectivity index (χ1v) is 9.86. The van der Waals surface area contributed by atoms with Crippen LogP contribution in [-0.2, 0) is 9.84 Å². The van der Waals surface area contributed by atoms with Crippen molar-refractivity contribution < 1.29 is 13.2 Å². The summed E-state index contributed by atoms with van der Waals surface area (Å²) in [6, 6.07) is 0.668. The molecule has 1 N–H and O–H groups in total. The van der Waals surface area contributed by atoms with Crippen LogP contribution >= 0.6 is 0 Å². The van der Waals surface area contributed by atoms with E-state index in [9.17, 15) is 18.0 Å². The SMILES string of the molecule is O=C(c1cnc[nH]c1=O)N1CCN(c2ncccn2)[C@@H]2CS(=O)(=O)C[C@@H]21. The van der Waals surface area contributed by atoms with Crippen LogP contribution in [0.5, 0.6) is 0 Å². The first kappa shape index (κ1) is 16.6. The minimum atomic E-state index is -3.32. The number of H-pyrrole nitrogens is 1. The van der Waals surface area contributed by atoms with E-state index in [4.69, 9.17) is 0 Å². The number of aromatic amines is 1. The molecule has 0 radical (unpaired) electrons. The van der Waals surface area contributed by atoms with E-state index in [2.05, 4.69) is 19.9 Å². The highest BCUT2D eigenvalue weighted by Gasteiger charge is 2.49. The fourth-order valence-electron chi connectivity index (χ4n) is 3.54. The predicted octanol–water partition coefficient (Wildman–Crippen LogP) is -1.31. The molecule has 2 aliphatic heterocycles. The summed E-state index contributed by atoms with van der Waals surface area (Å²) >= 11 is 0. The second kappa shape index (κ2) is 6.16. The quantitative estimate of drug-likeness (QED) is 0.684. The Morgan fingerprint density at radius 2 is 1.88 bits per heavy atom. The summed E-state index contributed by atoms with van der Waals surface area (Å²) in [7, 11) is -3.32. The molecule has 0 aromatic carbocycles. The van der Waals surface area contributed by atoms with E-state index in [0.29, 0.717) is 12.5 Å². The lowest BCUT2D eigenvalue weighted by molar-refractivity contribution is 0.0645. The van der Waals surface area contributed by atoms with E-state index in [1.54, 1.807) is 18.5 Å². The van der Waals surface area contributed by atoms with Crippen LogP contribution in [0.3, 0.4) is 0 Å². The minimum Gasteiger partial charge on any atom is -0.333 e. The van der Waals surface area contributed by atoms with Gasteiger partial charge in [-0.05, 0) is 6.07 Å². The maximum atomic E-state index is 12.8. The summed E-state index contributed by atoms with van der Waals surface area (Å²) in [5, 5.41) is 0. The van der Waals surface area contributed by atoms with Gasteiger partial charge in [-0.3, -0.25) is 9.59 Å². The summed E-state index contributed by atoms with van der Waals surface area (Å²) < 4.78 is 24.5. The van der Waals surface area contributed by atoms with E-state index >= 15 is 0 Å². The topological polar surface area (TPSA) is 129 Å². The van der Waals surface area contributed by atoms with Gasteiger partial charge in [0.15, 0.2) is 9.84 Å². The number of nitrogens with one attached hydrogen (secondary N) is 1. The van der Waals surface area contributed by atoms with Crippen molar-refractivity contribution in [2.45, 2.75) is 12.1 Å². The van der Waals surface area contributed by atoms with Gasteiger partial charge in [-0.15, -0.1) is 0 Å². The highest BCUT2D eigenvalue weighted by molar-refractivity contribution is 7.91. The van der Waals surface area contributed by atoms with Gasteiger partial charge in [0, 0.05) is 31.7 Å². The Balaban J connectivity index is 1.69. The minimum absolute atomic E-state index is 0.0803. The van der Waals surface area contributed by atoms with Gasteiger partial charge >= 0.3 is 0 Å². The number of rotatable bonds is 2. The van der Waals surface area contributed by atoms with E-state index < -0.39 is 33.4 Å². The molecule has 2 fully saturated rings. The number of sulfone groups is 1. The van der Waals surface area contributed by atoms with Crippen molar-refractivity contribution >= 4 is 21.7 Å². The van der Waals surface area contributed by atoms with Gasteiger partial charge in [0.2, 0.25) is 5.95 Å². The maximum absolute atomic E-state index is 12.8. The van der Waals surface area contributed by atoms with Crippen molar-refractivity contribution in [3.63, 3.8) is 0 Å². The van der Waals surface area contributed by atoms with Crippen molar-refractivity contribution in [3.05, 3.63) is 46.9 Å². The number of fused-ring (bicyclic) bond motifs is 1. The molecule has 0 saturated carbocycles. The Bertz CT molecular complexity index is 992. The standard InChI is InChI=1S/C15H16N6O4S/c22-13-10(6-16-9-19-13)14(23)20-4-5-21(15-17-2-1-3-18-15)12-8-26(24,25)7-11(12)20/h1-3,6,9,11-12H,4-5,7-8H2,(H,16,19,22)/t11-,12+/m0/s1. The predicted molar refractivity (Wildman–Crippen MR) is 91.5 cm³/mol. The van der Waals surface area contributed by atoms with Crippen LogP contribution in [0.1, 0.15) is 10.4 Å². The van der Waals surface area contributed by atoms with Gasteiger partial charge in [0.1, 0.15) is 5.56 Å². The van der Waals surface area contributed by atoms with Crippen molar-refractivity contribution in [1.82, 2.24) is 24.8 Å². The van der Waals surface area contributed by atoms with Crippen molar-refractivity contribution in [2.24, 2.45) is 0 Å². The van der Waals surface area contributed by atoms with Gasteiger partial charge in [-0.2, -0.15) is 0 Å². The fraction of sp³-hybridized carbons (Fsp3) is 0.400. The molecule has 2 saturated heterocycles. The highest BCUT2D eigenvalue weighted by atomic mass is 32.2. The molecule has 11 heteroatoms. The average Bonchev–Trinajstić information content (AvgIpc) is 2.96. The number of anilines is 1. The number of hydrogen-bond acceptors (Lipinski definition) is 8. The second-order valence-corrected chi connectivity index (χ2v) is 8.40. The number of aromatic nitrogens is 4. The van der Waals surface area contributed by atoms with Crippen LogP contribution in [0.15, 0.2) is 35.8 Å². The van der Waals surface area contributed by atoms with E-state index in [-0.39, 0.29) is 23.6 Å². The van der Waals surface area contributed by atoms with E-state index in [1.165, 1.54) is 17.4 Å². The van der Waals surface area contributed by atoms with Crippen LogP contribution in [0.4, 0.5) is 5.95 Å². The van der Waals surface area contributed by atoms with Crippen molar-refractivity contribution in [1.29, 1.82) is 0 Å². The number of carbonyl (C=O) groups excluding carboxylic acids is 1. The lowest BCUT2D eigenvalue weighted by Gasteiger charge is -2.43. The molecule has 136 valence electrons. The van der Waals surface area contributed by atoms with E-state index in [1.807, 2.05) is 4.90 Å². The zero-order valence-corrected chi connectivity index (χ0v) is 14.5. The lowest BCUT2D eigenvalue weighted by Crippen LogP contribution is -2.61. The molecule has 0 bridgehead atoms. The molecule has 0 unspecified atom stereocenters. The normalized spacial score (nSPS) is 24.3. The molecule has 2 atom stereocenters. The highest BCUT2D eigenvalue weighted by Crippen LogP contribution is 2.29. The first-order valence-electron chi connectivity index (χ1n) is 8.04. The van der Waals surface area contributed by atoms with Crippen LogP contribution < -0.4 is 10.5 Å². The third kappa shape index (κ3) is 2.83. The smallest absolute Gasteiger partial charge is 0.263 e. The summed E-state index contributed by atoms with van der Waals surface area (Å²) in [4.78, 5) is 42.6. The molecule has 0 aliphatic carbocycles. The Morgan fingerprint density at radius 1 is 1.15 bits per heavy atom. The summed E-state index contributed by atoms with van der Waals surface area (Å²) in [5.41, 5.74) is -0.642. The van der Waals surface area contributed by atoms with Crippen molar-refractivity contribution in [3.8, 4) is 0 Å². The molecule has 1 amide bonds. The van der Waals surface area contributed by atoms with Crippen LogP contribution in [0, 0.1) is 0 Å². The average molecular weight is 376 g/mol. The molecular weight excluding hydrogens is 360 g/mol. The molecule has 2 aliphatic rings. The molecule has 4 heterocycles. The Labute approximate surface area is 148 Å². The van der Waals surface area contributed by atoms with Crippen molar-refractivity contribution in [2.75, 3.05) is 29.5 Å². The van der Waals surface area contributed by atoms with Crippen LogP contribution in [0.25, 0.3) is 0 Å². The Hall–Kier alpha value is -2.82. The van der Waals surface area contributed by atoms with Crippen LogP contribution in [-0.4, -0.2) is 75.8 Å². The third-order valence-corrected chi connectivity index (χ3v) is 6.39. The van der Waals surface area contributed by atoms with Gasteiger partial charge in [0.05, 0.1) is 29.9 Å². The molecule has 0 spiro atoms. The molecule has 2 aromatic heterocycles. The number of piperazine rings is 1. The number of nitrogens with zero attached hydrogens (tertiary/aromatic N) is 5. The number of amides is 1. The Kier molecular flexibility index (Phi) is 3.94. The number of hydrogen-bond donors (Lipinski definition) is 1. The zero-order chi connectivity index (χ0) is 18.3. The van der Waals surface area contributed by atoms with E-state index in [0.717, 1.165) is 0 Å². The van der Waals surface area contributed by atoms with Gasteiger partial charge < -0.3 is 14.8 Å². The molecular formula is C15H16N6O4S. The summed E-state index contributed by atoms with van der Waals surface area (Å²) in [5.74, 6) is -0.306. The lowest BCUT2D eigenvalue weighted by atomic mass is 10.0. The first-order chi connectivity index (χ1) is 12.5. The summed E-state index contributed by atoms with van der Waals surface area (Å²) in [6.45, 7) is 0.646. The molecule has 10 nitrogen and oxygen atoms in total. The summed E-state index contributed by atoms with van der Waals surface area (Å²) in [6.07, 6.45) is 5.58. The molecule has 26 heavy (non-hydrogen) atoms. The van der Waals surface area contributed by atoms with Gasteiger partial charge in [0.25, 0.3) is 11.5 Å². The third-order valence-electron chi connectivity index (χ3n) is 4.69. The second-order valence-electron chi connectivity index (χ2n) is 6.25. The monoisotopic (exact) mass is 376 g/mol. The molecule has 4 rings (SSSR count). The maximum Gasteiger partial charge on any atom is 0.263 e. The van der Waals surface area contributed by atoms with Gasteiger partial charge in [-0.1, -0.05) is 0 Å². The Morgan fingerprint density at radius 3 is 2.62 bits per heavy atom. The molecule has 2 aromatic rings.